The second kappa shape index (κ2) is 8.19. The number of rotatable bonds is 6. The van der Waals surface area contributed by atoms with Crippen LogP contribution in [0.1, 0.15) is 24.4 Å². The van der Waals surface area contributed by atoms with E-state index in [-0.39, 0.29) is 11.6 Å². The topological polar surface area (TPSA) is 51.5 Å². The number of hydrogen-bond acceptors (Lipinski definition) is 2. The van der Waals surface area contributed by atoms with Gasteiger partial charge in [-0.25, -0.2) is 4.98 Å². The van der Waals surface area contributed by atoms with E-state index in [4.69, 9.17) is 4.98 Å². The van der Waals surface area contributed by atoms with Crippen LogP contribution in [0.4, 0.5) is 0 Å². The molecule has 0 amide bonds. The smallest absolute Gasteiger partial charge is 0.266 e. The van der Waals surface area contributed by atoms with Gasteiger partial charge in [-0.2, -0.15) is 0 Å². The van der Waals surface area contributed by atoms with Crippen LogP contribution in [0, 0.1) is 0 Å². The first kappa shape index (κ1) is 18.1. The summed E-state index contributed by atoms with van der Waals surface area (Å²) in [5.41, 5.74) is 2.90. The molecule has 0 aliphatic heterocycles. The average Bonchev–Trinajstić information content (AvgIpc) is 2.75. The molecule has 1 heterocycles. The summed E-state index contributed by atoms with van der Waals surface area (Å²) in [4.78, 5) is 18.1. The summed E-state index contributed by atoms with van der Waals surface area (Å²) in [7, 11) is 0. The molecule has 0 aliphatic rings. The Morgan fingerprint density at radius 1 is 0.893 bits per heavy atom. The normalized spacial score (nSPS) is 12.2. The van der Waals surface area contributed by atoms with Gasteiger partial charge in [-0.1, -0.05) is 60.7 Å². The van der Waals surface area contributed by atoms with Gasteiger partial charge in [-0.05, 0) is 36.8 Å². The van der Waals surface area contributed by atoms with E-state index < -0.39 is 0 Å². The van der Waals surface area contributed by atoms with E-state index in [0.29, 0.717) is 5.39 Å². The summed E-state index contributed by atoms with van der Waals surface area (Å²) in [5.74, 6) is 0.781. The zero-order valence-electron chi connectivity index (χ0n) is 16.0. The van der Waals surface area contributed by atoms with Crippen molar-refractivity contribution in [3.63, 3.8) is 0 Å². The highest BCUT2D eigenvalue weighted by Gasteiger charge is 2.19. The van der Waals surface area contributed by atoms with Gasteiger partial charge in [0.25, 0.3) is 5.56 Å². The van der Waals surface area contributed by atoms with Crippen molar-refractivity contribution in [3.8, 4) is 5.69 Å². The predicted molar refractivity (Wildman–Crippen MR) is 113 cm³/mol. The number of fused-ring (bicyclic) bond motifs is 1. The van der Waals surface area contributed by atoms with E-state index >= 15 is 0 Å². The minimum Gasteiger partial charge on any atom is -0.337 e. The molecule has 4 heteroatoms. The number of nitrogens with zero attached hydrogens (tertiary/aromatic N) is 2. The van der Waals surface area contributed by atoms with Gasteiger partial charge in [0.1, 0.15) is 6.04 Å². The number of benzene rings is 3. The van der Waals surface area contributed by atoms with E-state index in [0.717, 1.165) is 30.0 Å². The molecule has 0 fully saturated rings. The molecule has 0 unspecified atom stereocenters. The van der Waals surface area contributed by atoms with Crippen molar-refractivity contribution < 1.29 is 5.32 Å². The minimum atomic E-state index is -0.0184. The van der Waals surface area contributed by atoms with Gasteiger partial charge < -0.3 is 5.32 Å². The molecule has 28 heavy (non-hydrogen) atoms. The first-order valence-electron chi connectivity index (χ1n) is 9.68. The van der Waals surface area contributed by atoms with E-state index in [1.54, 1.807) is 4.57 Å². The fraction of sp³-hybridized carbons (Fsp3) is 0.167. The molecule has 0 saturated heterocycles. The zero-order chi connectivity index (χ0) is 19.3. The fourth-order valence-corrected chi connectivity index (χ4v) is 3.53. The van der Waals surface area contributed by atoms with Crippen molar-refractivity contribution in [2.75, 3.05) is 6.54 Å². The standard InChI is InChI=1S/C24H23N3O/c1-18(25-17-16-19-10-4-2-5-11-19)23-26-22-15-9-8-14-21(22)24(28)27(23)20-12-6-3-7-13-20/h2-15,18,25H,16-17H2,1H3/p+1/t18-/m1/s1. The Balaban J connectivity index is 1.69. The van der Waals surface area contributed by atoms with Crippen LogP contribution in [-0.2, 0) is 6.42 Å². The van der Waals surface area contributed by atoms with Crippen molar-refractivity contribution in [1.82, 2.24) is 9.55 Å². The van der Waals surface area contributed by atoms with E-state index in [2.05, 4.69) is 36.5 Å². The third-order valence-corrected chi connectivity index (χ3v) is 5.02. The number of hydrogen-bond donors (Lipinski definition) is 1. The fourth-order valence-electron chi connectivity index (χ4n) is 3.53. The first-order chi connectivity index (χ1) is 13.7. The van der Waals surface area contributed by atoms with Crippen LogP contribution in [0.5, 0.6) is 0 Å². The van der Waals surface area contributed by atoms with Crippen LogP contribution in [-0.4, -0.2) is 16.1 Å². The molecule has 4 rings (SSSR count). The maximum atomic E-state index is 13.3. The van der Waals surface area contributed by atoms with Gasteiger partial charge in [0, 0.05) is 6.42 Å². The van der Waals surface area contributed by atoms with Crippen LogP contribution in [0.2, 0.25) is 0 Å². The van der Waals surface area contributed by atoms with Gasteiger partial charge >= 0.3 is 0 Å². The second-order valence-corrected chi connectivity index (χ2v) is 7.01. The Kier molecular flexibility index (Phi) is 5.31. The van der Waals surface area contributed by atoms with Crippen LogP contribution >= 0.6 is 0 Å². The van der Waals surface area contributed by atoms with E-state index in [1.807, 2.05) is 60.7 Å². The first-order valence-corrected chi connectivity index (χ1v) is 9.68. The summed E-state index contributed by atoms with van der Waals surface area (Å²) in [6.07, 6.45) is 0.980. The average molecular weight is 370 g/mol. The number of aromatic nitrogens is 2. The summed E-state index contributed by atoms with van der Waals surface area (Å²) < 4.78 is 1.76. The van der Waals surface area contributed by atoms with Gasteiger partial charge in [0.05, 0.1) is 23.1 Å². The van der Waals surface area contributed by atoms with Gasteiger partial charge in [0.15, 0.2) is 5.82 Å². The maximum Gasteiger partial charge on any atom is 0.266 e. The number of quaternary nitrogens is 1. The summed E-state index contributed by atoms with van der Waals surface area (Å²) in [6.45, 7) is 3.05. The summed E-state index contributed by atoms with van der Waals surface area (Å²) in [5, 5.41) is 2.90. The quantitative estimate of drug-likeness (QED) is 0.566. The Morgan fingerprint density at radius 2 is 1.54 bits per heavy atom. The Morgan fingerprint density at radius 3 is 2.29 bits per heavy atom. The van der Waals surface area contributed by atoms with Crippen molar-refractivity contribution in [1.29, 1.82) is 0 Å². The zero-order valence-corrected chi connectivity index (χ0v) is 16.0. The third kappa shape index (κ3) is 3.73. The summed E-state index contributed by atoms with van der Waals surface area (Å²) >= 11 is 0. The molecule has 0 radical (unpaired) electrons. The van der Waals surface area contributed by atoms with E-state index in [1.165, 1.54) is 5.56 Å². The predicted octanol–water partition coefficient (Wildman–Crippen LogP) is 3.25. The second-order valence-electron chi connectivity index (χ2n) is 7.01. The molecule has 2 N–H and O–H groups in total. The Hall–Kier alpha value is -3.24. The monoisotopic (exact) mass is 370 g/mol. The minimum absolute atomic E-state index is 0.0184. The van der Waals surface area contributed by atoms with Crippen molar-refractivity contribution in [3.05, 3.63) is 107 Å². The van der Waals surface area contributed by atoms with E-state index in [9.17, 15) is 4.79 Å². The summed E-state index contributed by atoms with van der Waals surface area (Å²) in [6, 6.07) is 27.8. The number of nitrogens with two attached hydrogens (primary N) is 1. The Labute approximate surface area is 164 Å². The van der Waals surface area contributed by atoms with Crippen LogP contribution in [0.15, 0.2) is 89.7 Å². The molecule has 1 atom stereocenters. The van der Waals surface area contributed by atoms with Crippen LogP contribution < -0.4 is 10.9 Å². The van der Waals surface area contributed by atoms with Crippen LogP contribution in [0.25, 0.3) is 16.6 Å². The highest BCUT2D eigenvalue weighted by molar-refractivity contribution is 5.77. The molecule has 1 aromatic heterocycles. The highest BCUT2D eigenvalue weighted by Crippen LogP contribution is 2.16. The lowest BCUT2D eigenvalue weighted by atomic mass is 10.1. The molecule has 0 aliphatic carbocycles. The maximum absolute atomic E-state index is 13.3. The lowest BCUT2D eigenvalue weighted by Crippen LogP contribution is -2.85. The van der Waals surface area contributed by atoms with Gasteiger partial charge in [-0.15, -0.1) is 0 Å². The lowest BCUT2D eigenvalue weighted by Gasteiger charge is -2.17. The van der Waals surface area contributed by atoms with Gasteiger partial charge in [0.2, 0.25) is 0 Å². The van der Waals surface area contributed by atoms with Gasteiger partial charge in [-0.3, -0.25) is 9.36 Å². The molecular weight excluding hydrogens is 346 g/mol. The third-order valence-electron chi connectivity index (χ3n) is 5.02. The van der Waals surface area contributed by atoms with Crippen LogP contribution in [0.3, 0.4) is 0 Å². The largest absolute Gasteiger partial charge is 0.337 e. The molecule has 0 bridgehead atoms. The van der Waals surface area contributed by atoms with Crippen molar-refractivity contribution in [2.24, 2.45) is 0 Å². The lowest BCUT2D eigenvalue weighted by molar-refractivity contribution is -0.693. The van der Waals surface area contributed by atoms with Crippen molar-refractivity contribution >= 4 is 10.9 Å². The SMILES string of the molecule is C[C@@H]([NH2+]CCc1ccccc1)c1nc2ccccc2c(=O)n1-c1ccccc1. The molecule has 3 aromatic carbocycles. The molecular formula is C24H24N3O+. The molecule has 0 saturated carbocycles. The highest BCUT2D eigenvalue weighted by atomic mass is 16.1. The number of para-hydroxylation sites is 2. The molecule has 4 aromatic rings. The Bertz CT molecular complexity index is 1120. The van der Waals surface area contributed by atoms with Crippen molar-refractivity contribution in [2.45, 2.75) is 19.4 Å². The molecule has 140 valence electrons. The molecule has 4 nitrogen and oxygen atoms in total. The molecule has 0 spiro atoms.